The maximum absolute atomic E-state index is 10.5. The number of hydrogen-bond donors (Lipinski definition) is 0. The van der Waals surface area contributed by atoms with Crippen LogP contribution in [0.1, 0.15) is 284 Å². The Balaban J connectivity index is -0.000000966. The summed E-state index contributed by atoms with van der Waals surface area (Å²) in [5.74, 6) is -0.377. The Bertz CT molecular complexity index is 839. The summed E-state index contributed by atoms with van der Waals surface area (Å²) in [5.41, 5.74) is 0. The van der Waals surface area contributed by atoms with Gasteiger partial charge in [0.25, 0.3) is 0 Å². The topological polar surface area (TPSA) is 114 Å². The van der Waals surface area contributed by atoms with Gasteiger partial charge in [-0.1, -0.05) is 271 Å². The summed E-state index contributed by atoms with van der Waals surface area (Å²) < 4.78 is 62.9. The molecule has 55 heavy (non-hydrogen) atoms. The summed E-state index contributed by atoms with van der Waals surface area (Å²) >= 11 is 0. The van der Waals surface area contributed by atoms with Gasteiger partial charge in [0, 0.05) is 11.5 Å². The van der Waals surface area contributed by atoms with Gasteiger partial charge < -0.3 is 9.11 Å². The summed E-state index contributed by atoms with van der Waals surface area (Å²) in [6.45, 7) is 4.56. The summed E-state index contributed by atoms with van der Waals surface area (Å²) in [4.78, 5) is 0. The third-order valence-electron chi connectivity index (χ3n) is 11.0. The smallest absolute Gasteiger partial charge is 0.748 e. The van der Waals surface area contributed by atoms with Crippen LogP contribution in [0.3, 0.4) is 0 Å². The second kappa shape index (κ2) is 49.4. The normalized spacial score (nSPS) is 11.7. The molecule has 0 aliphatic rings. The molecule has 0 aromatic carbocycles. The van der Waals surface area contributed by atoms with Crippen molar-refractivity contribution >= 4 is 58.0 Å². The maximum Gasteiger partial charge on any atom is 2.00 e. The molecule has 0 fully saturated rings. The van der Waals surface area contributed by atoms with Crippen LogP contribution >= 0.6 is 0 Å². The van der Waals surface area contributed by atoms with Crippen LogP contribution < -0.4 is 0 Å². The van der Waals surface area contributed by atoms with Crippen LogP contribution in [0, 0.1) is 0 Å². The molecular weight excluding hydrogens is 753 g/mol. The first kappa shape index (κ1) is 60.4. The third-order valence-corrected chi connectivity index (χ3v) is 12.6. The van der Waals surface area contributed by atoms with E-state index in [1.807, 2.05) is 0 Å². The molecule has 0 aromatic rings. The molecule has 0 aliphatic carbocycles. The van der Waals surface area contributed by atoms with Gasteiger partial charge in [-0.15, -0.1) is 0 Å². The minimum absolute atomic E-state index is 0. The van der Waals surface area contributed by atoms with Gasteiger partial charge in [0.1, 0.15) is 0 Å². The second-order valence-corrected chi connectivity index (χ2v) is 19.7. The van der Waals surface area contributed by atoms with E-state index in [-0.39, 0.29) is 49.2 Å². The molecule has 0 aliphatic heterocycles. The fourth-order valence-corrected chi connectivity index (χ4v) is 8.54. The Hall–Kier alpha value is 1.08. The van der Waals surface area contributed by atoms with E-state index < -0.39 is 20.2 Å². The van der Waals surface area contributed by atoms with E-state index >= 15 is 0 Å². The monoisotopic (exact) mass is 847 g/mol. The summed E-state index contributed by atoms with van der Waals surface area (Å²) in [6, 6.07) is 0. The van der Waals surface area contributed by atoms with E-state index in [1.54, 1.807) is 0 Å². The van der Waals surface area contributed by atoms with Gasteiger partial charge in [-0.05, 0) is 12.8 Å². The van der Waals surface area contributed by atoms with Gasteiger partial charge in [0.15, 0.2) is 0 Å². The summed E-state index contributed by atoms with van der Waals surface area (Å²) in [5, 5.41) is 0. The molecule has 0 saturated carbocycles. The molecule has 6 nitrogen and oxygen atoms in total. The molecule has 0 aromatic heterocycles. The van der Waals surface area contributed by atoms with Gasteiger partial charge in [-0.25, -0.2) is 16.8 Å². The summed E-state index contributed by atoms with van der Waals surface area (Å²) in [7, 11) is -8.00. The molecule has 0 radical (unpaired) electrons. The van der Waals surface area contributed by atoms with Crippen molar-refractivity contribution in [1.82, 2.24) is 0 Å². The zero-order valence-corrected chi connectivity index (χ0v) is 40.9. The Morgan fingerprint density at radius 2 is 0.345 bits per heavy atom. The van der Waals surface area contributed by atoms with Crippen molar-refractivity contribution in [2.75, 3.05) is 11.5 Å². The number of rotatable bonds is 44. The quantitative estimate of drug-likeness (QED) is 0.0343. The zero-order valence-electron chi connectivity index (χ0n) is 37.1. The maximum atomic E-state index is 10.5. The van der Waals surface area contributed by atoms with Gasteiger partial charge >= 0.3 is 37.7 Å². The minimum atomic E-state index is -4.00. The van der Waals surface area contributed by atoms with Crippen LogP contribution in [0.2, 0.25) is 0 Å². The molecule has 0 N–H and O–H groups in total. The molecule has 0 unspecified atom stereocenters. The molecule has 0 heterocycles. The van der Waals surface area contributed by atoms with E-state index in [9.17, 15) is 25.9 Å². The first-order valence-electron chi connectivity index (χ1n) is 24.0. The third kappa shape index (κ3) is 64.4. The van der Waals surface area contributed by atoms with Crippen LogP contribution in [-0.4, -0.2) is 75.2 Å². The molecule has 0 saturated heterocycles. The van der Waals surface area contributed by atoms with E-state index in [0.717, 1.165) is 25.7 Å². The molecule has 0 amide bonds. The first-order chi connectivity index (χ1) is 26.1. The Morgan fingerprint density at radius 1 is 0.236 bits per heavy atom. The van der Waals surface area contributed by atoms with Gasteiger partial charge in [-0.2, -0.15) is 0 Å². The van der Waals surface area contributed by atoms with Crippen LogP contribution in [0.5, 0.6) is 0 Å². The van der Waals surface area contributed by atoms with Crippen molar-refractivity contribution < 1.29 is 25.9 Å². The molecule has 9 heteroatoms. The van der Waals surface area contributed by atoms with E-state index in [2.05, 4.69) is 13.8 Å². The number of unbranched alkanes of at least 4 members (excludes halogenated alkanes) is 40. The fourth-order valence-electron chi connectivity index (χ4n) is 7.42. The zero-order chi connectivity index (χ0) is 40.1. The number of hydrogen-bond acceptors (Lipinski definition) is 6. The Morgan fingerprint density at radius 3 is 0.455 bits per heavy atom. The van der Waals surface area contributed by atoms with Crippen molar-refractivity contribution in [2.45, 2.75) is 284 Å². The Labute approximate surface area is 376 Å². The molecule has 328 valence electrons. The fraction of sp³-hybridized carbons (Fsp3) is 1.00. The SMILES string of the molecule is CCCCCCCCCCCCCCCCCCCCCCCS(=O)(=O)[O-].CCCCCCCCCCCCCCCCCCCCCCCS(=O)(=O)[O-].[Ca+2]. The van der Waals surface area contributed by atoms with Crippen LogP contribution in [-0.2, 0) is 20.2 Å². The van der Waals surface area contributed by atoms with Gasteiger partial charge in [0.05, 0.1) is 20.2 Å². The first-order valence-corrected chi connectivity index (χ1v) is 27.1. The van der Waals surface area contributed by atoms with Crippen molar-refractivity contribution in [1.29, 1.82) is 0 Å². The summed E-state index contributed by atoms with van der Waals surface area (Å²) in [6.07, 6.45) is 54.8. The standard InChI is InChI=1S/2C23H48O3S.Ca/c2*1-2-3-4-5-6-7-8-9-10-11-12-13-14-15-16-17-18-19-20-21-22-23-27(24,25)26;/h2*2-23H2,1H3,(H,24,25,26);/q;;+2/p-2. The van der Waals surface area contributed by atoms with E-state index in [0.29, 0.717) is 12.8 Å². The Kier molecular flexibility index (Phi) is 54.3. The molecule has 0 spiro atoms. The van der Waals surface area contributed by atoms with Gasteiger partial charge in [-0.3, -0.25) is 0 Å². The van der Waals surface area contributed by atoms with Crippen molar-refractivity contribution in [2.24, 2.45) is 0 Å². The predicted octanol–water partition coefficient (Wildman–Crippen LogP) is 15.1. The molecule has 0 rings (SSSR count). The van der Waals surface area contributed by atoms with Crippen LogP contribution in [0.25, 0.3) is 0 Å². The van der Waals surface area contributed by atoms with Gasteiger partial charge in [0.2, 0.25) is 0 Å². The molecular formula is C46H94CaO6S2. The minimum Gasteiger partial charge on any atom is -0.748 e. The molecule has 0 atom stereocenters. The van der Waals surface area contributed by atoms with Crippen molar-refractivity contribution in [3.63, 3.8) is 0 Å². The van der Waals surface area contributed by atoms with E-state index in [1.165, 1.54) is 231 Å². The predicted molar refractivity (Wildman–Crippen MR) is 240 cm³/mol. The van der Waals surface area contributed by atoms with E-state index in [4.69, 9.17) is 0 Å². The average Bonchev–Trinajstić information content (AvgIpc) is 3.12. The largest absolute Gasteiger partial charge is 2.00 e. The molecule has 0 bridgehead atoms. The van der Waals surface area contributed by atoms with Crippen LogP contribution in [0.15, 0.2) is 0 Å². The van der Waals surface area contributed by atoms with Crippen LogP contribution in [0.4, 0.5) is 0 Å². The van der Waals surface area contributed by atoms with Crippen molar-refractivity contribution in [3.05, 3.63) is 0 Å². The van der Waals surface area contributed by atoms with Crippen molar-refractivity contribution in [3.8, 4) is 0 Å². The second-order valence-electron chi connectivity index (χ2n) is 16.7. The average molecular weight is 847 g/mol.